The summed E-state index contributed by atoms with van der Waals surface area (Å²) in [4.78, 5) is 19.8. The van der Waals surface area contributed by atoms with E-state index in [2.05, 4.69) is 122 Å². The summed E-state index contributed by atoms with van der Waals surface area (Å²) in [5, 5.41) is 13.0. The van der Waals surface area contributed by atoms with Crippen molar-refractivity contribution in [3.8, 4) is 16.9 Å². The average molecular weight is 859 g/mol. The van der Waals surface area contributed by atoms with E-state index in [1.807, 2.05) is 31.3 Å². The molecule has 1 aliphatic carbocycles. The molecule has 6 nitrogen and oxygen atoms in total. The van der Waals surface area contributed by atoms with Gasteiger partial charge in [0.05, 0.1) is 0 Å². The van der Waals surface area contributed by atoms with E-state index in [4.69, 9.17) is 5.73 Å². The molecule has 0 fully saturated rings. The summed E-state index contributed by atoms with van der Waals surface area (Å²) in [5.74, 6) is -1.51. The normalized spacial score (nSPS) is 13.1. The molecule has 0 bridgehead atoms. The van der Waals surface area contributed by atoms with Crippen LogP contribution in [0.4, 0.5) is 14.5 Å². The molecule has 1 unspecified atom stereocenters. The molecule has 0 aliphatic heterocycles. The van der Waals surface area contributed by atoms with Crippen molar-refractivity contribution < 1.29 is 18.7 Å². The number of nitrogens with one attached hydrogen (secondary N) is 1. The van der Waals surface area contributed by atoms with Crippen molar-refractivity contribution in [3.05, 3.63) is 214 Å². The van der Waals surface area contributed by atoms with Crippen LogP contribution in [0, 0.1) is 11.6 Å². The van der Waals surface area contributed by atoms with Gasteiger partial charge < -0.3 is 21.1 Å². The lowest BCUT2D eigenvalue weighted by Gasteiger charge is -2.35. The lowest BCUT2D eigenvalue weighted by atomic mass is 9.68. The molecular formula is C56H60F2N4O2. The molecule has 6 aromatic rings. The monoisotopic (exact) mass is 858 g/mol. The van der Waals surface area contributed by atoms with Gasteiger partial charge >= 0.3 is 0 Å². The number of anilines is 1. The first kappa shape index (κ1) is 46.9. The molecule has 0 heterocycles. The van der Waals surface area contributed by atoms with Crippen LogP contribution >= 0.6 is 0 Å². The molecule has 64 heavy (non-hydrogen) atoms. The van der Waals surface area contributed by atoms with Crippen LogP contribution < -0.4 is 16.0 Å². The number of phenols is 1. The number of halogens is 2. The highest BCUT2D eigenvalue weighted by Gasteiger charge is 2.32. The molecule has 0 saturated carbocycles. The van der Waals surface area contributed by atoms with Crippen molar-refractivity contribution in [2.45, 2.75) is 64.7 Å². The number of hydrogen-bond acceptors (Lipinski definition) is 4. The number of amides is 1. The zero-order valence-electron chi connectivity index (χ0n) is 37.6. The Bertz CT molecular complexity index is 2510. The summed E-state index contributed by atoms with van der Waals surface area (Å²) in [7, 11) is 1.91. The van der Waals surface area contributed by atoms with Gasteiger partial charge in [-0.15, -0.1) is 0 Å². The fourth-order valence-corrected chi connectivity index (χ4v) is 8.36. The number of phenolic OH excluding ortho intramolecular Hbond substituents is 1. The molecule has 1 atom stereocenters. The molecule has 0 aromatic heterocycles. The molecule has 0 saturated heterocycles. The van der Waals surface area contributed by atoms with Crippen molar-refractivity contribution >= 4 is 17.4 Å². The van der Waals surface area contributed by atoms with Crippen LogP contribution in [-0.4, -0.2) is 43.5 Å². The Labute approximate surface area is 377 Å². The van der Waals surface area contributed by atoms with Crippen molar-refractivity contribution in [2.75, 3.05) is 31.6 Å². The lowest BCUT2D eigenvalue weighted by Crippen LogP contribution is -2.30. The van der Waals surface area contributed by atoms with Gasteiger partial charge in [0, 0.05) is 47.9 Å². The average Bonchev–Trinajstić information content (AvgIpc) is 3.32. The second kappa shape index (κ2) is 22.1. The summed E-state index contributed by atoms with van der Waals surface area (Å²) in [6.45, 7) is 11.1. The highest BCUT2D eigenvalue weighted by molar-refractivity contribution is 6.10. The SMILES string of the molecule is CC(C1=CC=CCC1)(c1ccccc1)c1ccccc1.CCC(C)c1cc(-c2ccc(O)cc2)c(Cc2cc(F)cc(F)c2)cc1C(N)=NC(=O)c1ccc(N(CC)CCNC)cc1. The third-order valence-corrected chi connectivity index (χ3v) is 12.3. The molecule has 1 aliphatic rings. The van der Waals surface area contributed by atoms with E-state index in [1.54, 1.807) is 36.4 Å². The maximum absolute atomic E-state index is 14.1. The van der Waals surface area contributed by atoms with Crippen molar-refractivity contribution in [2.24, 2.45) is 10.7 Å². The van der Waals surface area contributed by atoms with Crippen LogP contribution in [0.15, 0.2) is 168 Å². The van der Waals surface area contributed by atoms with E-state index in [0.717, 1.165) is 72.9 Å². The van der Waals surface area contributed by atoms with Gasteiger partial charge in [0.25, 0.3) is 5.91 Å². The Morgan fingerprint density at radius 3 is 2.03 bits per heavy atom. The first-order chi connectivity index (χ1) is 30.9. The maximum atomic E-state index is 14.1. The number of carbonyl (C=O) groups is 1. The van der Waals surface area contributed by atoms with Crippen LogP contribution in [0.2, 0.25) is 0 Å². The fraction of sp³-hybridized carbons (Fsp3) is 0.250. The van der Waals surface area contributed by atoms with Gasteiger partial charge in [-0.2, -0.15) is 4.99 Å². The summed E-state index contributed by atoms with van der Waals surface area (Å²) in [6, 6.07) is 43.1. The fourth-order valence-electron chi connectivity index (χ4n) is 8.36. The minimum absolute atomic E-state index is 0.0344. The predicted molar refractivity (Wildman–Crippen MR) is 261 cm³/mol. The number of aromatic hydroxyl groups is 1. The number of carbonyl (C=O) groups excluding carboxylic acids is 1. The lowest BCUT2D eigenvalue weighted by molar-refractivity contribution is 0.100. The Balaban J connectivity index is 0.000000281. The first-order valence-electron chi connectivity index (χ1n) is 22.2. The van der Waals surface area contributed by atoms with Crippen molar-refractivity contribution in [1.82, 2.24) is 5.32 Å². The molecule has 330 valence electrons. The Morgan fingerprint density at radius 1 is 0.859 bits per heavy atom. The van der Waals surface area contributed by atoms with Gasteiger partial charge in [-0.05, 0) is 152 Å². The van der Waals surface area contributed by atoms with Crippen molar-refractivity contribution in [3.63, 3.8) is 0 Å². The Morgan fingerprint density at radius 2 is 1.48 bits per heavy atom. The van der Waals surface area contributed by atoms with Crippen LogP contribution in [0.3, 0.4) is 0 Å². The summed E-state index contributed by atoms with van der Waals surface area (Å²) in [5.41, 5.74) is 16.6. The van der Waals surface area contributed by atoms with Gasteiger partial charge in [-0.25, -0.2) is 8.78 Å². The summed E-state index contributed by atoms with van der Waals surface area (Å²) in [6.07, 6.45) is 10.0. The molecule has 4 N–H and O–H groups in total. The molecule has 8 heteroatoms. The van der Waals surface area contributed by atoms with Crippen LogP contribution in [0.25, 0.3) is 11.1 Å². The van der Waals surface area contributed by atoms with Crippen LogP contribution in [0.1, 0.15) is 96.6 Å². The quantitative estimate of drug-likeness (QED) is 0.0707. The Kier molecular flexibility index (Phi) is 16.2. The minimum Gasteiger partial charge on any atom is -0.508 e. The standard InChI is InChI=1S/C36H40F2N4O2.C20H20/c1-5-23(3)32-22-33(25-9-13-31(43)14-10-25)27(17-24-18-28(37)21-29(38)19-24)20-34(32)35(39)41-36(44)26-7-11-30(12-8-26)42(6-2)16-15-40-4;1-20(17-11-5-2-6-12-17,18-13-7-3-8-14-18)19-15-9-4-10-16-19/h7-14,18-23,40,43H,5-6,15-17H2,1-4H3,(H2,39,41,44);2-9,11-15H,10,16H2,1H3. The molecule has 6 aromatic carbocycles. The zero-order valence-corrected chi connectivity index (χ0v) is 37.6. The number of nitrogens with zero attached hydrogens (tertiary/aromatic N) is 2. The highest BCUT2D eigenvalue weighted by atomic mass is 19.1. The van der Waals surface area contributed by atoms with E-state index in [1.165, 1.54) is 28.8 Å². The number of benzene rings is 6. The highest BCUT2D eigenvalue weighted by Crippen LogP contribution is 2.42. The van der Waals surface area contributed by atoms with E-state index in [9.17, 15) is 18.7 Å². The number of likely N-dealkylation sites (N-methyl/N-ethyl adjacent to an activating group) is 2. The van der Waals surface area contributed by atoms with E-state index >= 15 is 0 Å². The van der Waals surface area contributed by atoms with E-state index < -0.39 is 17.5 Å². The molecule has 0 spiro atoms. The van der Waals surface area contributed by atoms with Crippen molar-refractivity contribution in [1.29, 1.82) is 0 Å². The number of allylic oxidation sites excluding steroid dienone is 4. The van der Waals surface area contributed by atoms with Gasteiger partial charge in [-0.3, -0.25) is 4.79 Å². The Hall–Kier alpha value is -6.64. The largest absolute Gasteiger partial charge is 0.508 e. The molecule has 7 rings (SSSR count). The topological polar surface area (TPSA) is 91.0 Å². The van der Waals surface area contributed by atoms with Gasteiger partial charge in [0.1, 0.15) is 23.2 Å². The number of rotatable bonds is 15. The number of aliphatic imine (C=N–C) groups is 1. The van der Waals surface area contributed by atoms with Gasteiger partial charge in [0.15, 0.2) is 0 Å². The molecule has 0 radical (unpaired) electrons. The second-order valence-electron chi connectivity index (χ2n) is 16.5. The zero-order chi connectivity index (χ0) is 45.6. The van der Waals surface area contributed by atoms with Crippen LogP contribution in [0.5, 0.6) is 5.75 Å². The van der Waals surface area contributed by atoms with Gasteiger partial charge in [-0.1, -0.05) is 110 Å². The summed E-state index contributed by atoms with van der Waals surface area (Å²) >= 11 is 0. The molecular weight excluding hydrogens is 799 g/mol. The molecule has 1 amide bonds. The van der Waals surface area contributed by atoms with E-state index in [0.29, 0.717) is 16.7 Å². The van der Waals surface area contributed by atoms with E-state index in [-0.39, 0.29) is 29.3 Å². The maximum Gasteiger partial charge on any atom is 0.278 e. The van der Waals surface area contributed by atoms with Crippen LogP contribution in [-0.2, 0) is 11.8 Å². The third kappa shape index (κ3) is 11.5. The second-order valence-corrected chi connectivity index (χ2v) is 16.5. The van der Waals surface area contributed by atoms with Gasteiger partial charge in [0.2, 0.25) is 0 Å². The first-order valence-corrected chi connectivity index (χ1v) is 22.2. The number of amidine groups is 1. The third-order valence-electron chi connectivity index (χ3n) is 12.3. The minimum atomic E-state index is -0.663. The number of nitrogens with two attached hydrogens (primary N) is 1. The summed E-state index contributed by atoms with van der Waals surface area (Å²) < 4.78 is 28.2. The smallest absolute Gasteiger partial charge is 0.278 e. The predicted octanol–water partition coefficient (Wildman–Crippen LogP) is 12.3. The number of hydrogen-bond donors (Lipinski definition) is 3.